The van der Waals surface area contributed by atoms with Crippen LogP contribution in [0, 0.1) is 18.2 Å². The van der Waals surface area contributed by atoms with Crippen molar-refractivity contribution in [3.05, 3.63) is 99.9 Å². The number of β-amino-alcohol motifs (C(OH)–C–C–N with tert-alkyl or cyclic N) is 1. The molecular weight excluding hydrogens is 912 g/mol. The van der Waals surface area contributed by atoms with Crippen molar-refractivity contribution >= 4 is 46.6 Å². The highest BCUT2D eigenvalue weighted by molar-refractivity contribution is 7.13. The molecule has 0 saturated carbocycles. The van der Waals surface area contributed by atoms with Gasteiger partial charge in [0.25, 0.3) is 0 Å². The average Bonchev–Trinajstić information content (AvgIpc) is 4.03. The molecule has 15 nitrogen and oxygen atoms in total. The number of likely N-dealkylation sites (tertiary alicyclic amines) is 1. The highest BCUT2D eigenvalue weighted by Crippen LogP contribution is 2.39. The number of thiazole rings is 1. The number of hydrogen-bond acceptors (Lipinski definition) is 11. The van der Waals surface area contributed by atoms with Gasteiger partial charge in [-0.25, -0.2) is 9.37 Å². The molecule has 4 heterocycles. The summed E-state index contributed by atoms with van der Waals surface area (Å²) in [7, 11) is 0. The standard InChI is InChI=1S/C53H69FN8O7S/c1-31(34-14-16-36(17-15-34)48-32(2)58-30-70-48)57-27-40-26-41(63)28-61(40)52(68)49(53(3,4)5)60-46(65)13-8-6-7-10-33-22-38(54)25-42(23-33)69-29-39(19-21-45(56)64)59-50(66)44-24-37-12-9-11-35-18-20-43(55)51(67)62(44)47(35)37/h9,11-12,14-17,22-23,25,30-31,39-41,43-44,49,57,63H,6-8,10,13,18-21,24,26-29,55H2,1-5H3,(H2,56,64)(H,59,66)(H,60,65)/t31-,39-,40?,41+,43-,44-,49+/m0/s1. The number of para-hydroxylation sites is 1. The first-order valence-electron chi connectivity index (χ1n) is 24.6. The molecule has 7 rings (SSSR count). The van der Waals surface area contributed by atoms with Crippen molar-refractivity contribution < 1.29 is 38.2 Å². The number of aliphatic hydroxyl groups is 1. The quantitative estimate of drug-likeness (QED) is 0.0571. The van der Waals surface area contributed by atoms with Gasteiger partial charge in [0.05, 0.1) is 40.0 Å². The number of aromatic nitrogens is 1. The van der Waals surface area contributed by atoms with Crippen LogP contribution in [0.25, 0.3) is 10.4 Å². The topological polar surface area (TPSA) is 222 Å². The van der Waals surface area contributed by atoms with E-state index < -0.39 is 53.3 Å². The molecule has 3 aliphatic rings. The van der Waals surface area contributed by atoms with Gasteiger partial charge in [0.2, 0.25) is 29.5 Å². The Morgan fingerprint density at radius 3 is 2.49 bits per heavy atom. The molecule has 0 radical (unpaired) electrons. The number of amides is 5. The van der Waals surface area contributed by atoms with Crippen LogP contribution in [0.2, 0.25) is 0 Å². The van der Waals surface area contributed by atoms with Crippen LogP contribution in [-0.4, -0.2) is 101 Å². The number of unbranched alkanes of at least 4 members (excludes halogenated alkanes) is 2. The maximum absolute atomic E-state index is 14.9. The summed E-state index contributed by atoms with van der Waals surface area (Å²) < 4.78 is 21.0. The lowest BCUT2D eigenvalue weighted by atomic mass is 9.85. The van der Waals surface area contributed by atoms with E-state index in [4.69, 9.17) is 16.2 Å². The summed E-state index contributed by atoms with van der Waals surface area (Å²) in [5.74, 6) is -1.97. The van der Waals surface area contributed by atoms with Crippen LogP contribution in [0.1, 0.15) is 113 Å². The molecule has 0 aliphatic carbocycles. The molecule has 5 amide bonds. The summed E-state index contributed by atoms with van der Waals surface area (Å²) in [6, 6.07) is 15.3. The number of nitrogens with one attached hydrogen (secondary N) is 3. The minimum atomic E-state index is -0.825. The third kappa shape index (κ3) is 13.0. The zero-order valence-corrected chi connectivity index (χ0v) is 41.8. The van der Waals surface area contributed by atoms with E-state index in [1.165, 1.54) is 17.0 Å². The Labute approximate surface area is 414 Å². The van der Waals surface area contributed by atoms with Crippen LogP contribution in [-0.2, 0) is 43.2 Å². The van der Waals surface area contributed by atoms with Gasteiger partial charge in [-0.1, -0.05) is 69.7 Å². The molecule has 0 spiro atoms. The summed E-state index contributed by atoms with van der Waals surface area (Å²) in [5.41, 5.74) is 19.5. The van der Waals surface area contributed by atoms with Crippen molar-refractivity contribution in [2.24, 2.45) is 16.9 Å². The smallest absolute Gasteiger partial charge is 0.246 e. The molecule has 4 aromatic rings. The number of aliphatic hydroxyl groups excluding tert-OH is 1. The van der Waals surface area contributed by atoms with Gasteiger partial charge in [-0.05, 0) is 104 Å². The number of nitrogens with zero attached hydrogens (tertiary/aromatic N) is 3. The first kappa shape index (κ1) is 52.1. The van der Waals surface area contributed by atoms with Crippen LogP contribution in [0.5, 0.6) is 5.75 Å². The average molecular weight is 981 g/mol. The lowest BCUT2D eigenvalue weighted by Gasteiger charge is -2.36. The van der Waals surface area contributed by atoms with Gasteiger partial charge in [0, 0.05) is 50.5 Å². The SMILES string of the molecule is Cc1ncsc1-c1ccc([C@H](C)NCC2C[C@@H](O)CN2C(=O)[C@@H](NC(=O)CCCCCc2cc(F)cc(OC[C@H](CCC(N)=O)NC(=O)[C@@H]3Cc4cccc5c4N3C(=O)[C@@H](N)CC5)c2)C(C)(C)C)cc1. The van der Waals surface area contributed by atoms with Gasteiger partial charge < -0.3 is 42.2 Å². The van der Waals surface area contributed by atoms with E-state index >= 15 is 0 Å². The zero-order chi connectivity index (χ0) is 50.3. The lowest BCUT2D eigenvalue weighted by Crippen LogP contribution is -2.56. The van der Waals surface area contributed by atoms with Gasteiger partial charge >= 0.3 is 0 Å². The second kappa shape index (κ2) is 23.0. The van der Waals surface area contributed by atoms with E-state index in [0.717, 1.165) is 38.5 Å². The van der Waals surface area contributed by atoms with Crippen LogP contribution in [0.15, 0.2) is 66.2 Å². The molecule has 3 aromatic carbocycles. The van der Waals surface area contributed by atoms with E-state index in [1.54, 1.807) is 22.3 Å². The van der Waals surface area contributed by atoms with Crippen LogP contribution < -0.4 is 37.1 Å². The Kier molecular flexibility index (Phi) is 17.1. The van der Waals surface area contributed by atoms with Gasteiger partial charge in [-0.15, -0.1) is 11.3 Å². The summed E-state index contributed by atoms with van der Waals surface area (Å²) in [6.45, 7) is 10.4. The second-order valence-electron chi connectivity index (χ2n) is 20.3. The zero-order valence-electron chi connectivity index (χ0n) is 41.0. The highest BCUT2D eigenvalue weighted by Gasteiger charge is 2.44. The number of benzene rings is 3. The van der Waals surface area contributed by atoms with Crippen LogP contribution in [0.3, 0.4) is 0 Å². The van der Waals surface area contributed by atoms with E-state index in [1.807, 2.05) is 51.4 Å². The molecule has 17 heteroatoms. The molecule has 0 bridgehead atoms. The predicted molar refractivity (Wildman–Crippen MR) is 268 cm³/mol. The molecule has 3 aliphatic heterocycles. The summed E-state index contributed by atoms with van der Waals surface area (Å²) in [6.07, 6.45) is 3.94. The third-order valence-corrected chi connectivity index (χ3v) is 14.7. The first-order chi connectivity index (χ1) is 33.4. The number of rotatable bonds is 21. The minimum absolute atomic E-state index is 0.00115. The number of carbonyl (C=O) groups is 5. The highest BCUT2D eigenvalue weighted by atomic mass is 32.1. The molecule has 1 fully saturated rings. The molecule has 7 atom stereocenters. The number of ether oxygens (including phenoxy) is 1. The van der Waals surface area contributed by atoms with E-state index in [-0.39, 0.29) is 68.0 Å². The Hall–Kier alpha value is -5.75. The number of nitrogens with two attached hydrogens (primary N) is 2. The number of hydrogen-bond donors (Lipinski definition) is 6. The van der Waals surface area contributed by atoms with Crippen molar-refractivity contribution in [3.63, 3.8) is 0 Å². The van der Waals surface area contributed by atoms with Crippen molar-refractivity contribution in [2.45, 2.75) is 148 Å². The Bertz CT molecular complexity index is 2510. The summed E-state index contributed by atoms with van der Waals surface area (Å²) >= 11 is 1.62. The molecule has 8 N–H and O–H groups in total. The molecule has 1 saturated heterocycles. The van der Waals surface area contributed by atoms with E-state index in [0.29, 0.717) is 63.5 Å². The Morgan fingerprint density at radius 1 is 1.01 bits per heavy atom. The van der Waals surface area contributed by atoms with Crippen molar-refractivity contribution in [1.29, 1.82) is 0 Å². The van der Waals surface area contributed by atoms with Gasteiger partial charge in [-0.3, -0.25) is 28.9 Å². The second-order valence-corrected chi connectivity index (χ2v) is 21.1. The minimum Gasteiger partial charge on any atom is -0.491 e. The maximum atomic E-state index is 14.9. The Morgan fingerprint density at radius 2 is 1.77 bits per heavy atom. The first-order valence-corrected chi connectivity index (χ1v) is 25.5. The molecule has 70 heavy (non-hydrogen) atoms. The monoisotopic (exact) mass is 980 g/mol. The fraction of sp³-hybridized carbons (Fsp3) is 0.509. The molecule has 1 unspecified atom stereocenters. The van der Waals surface area contributed by atoms with Gasteiger partial charge in [0.1, 0.15) is 30.3 Å². The van der Waals surface area contributed by atoms with E-state index in [2.05, 4.69) is 52.1 Å². The molecule has 376 valence electrons. The van der Waals surface area contributed by atoms with Crippen molar-refractivity contribution in [3.8, 4) is 16.2 Å². The maximum Gasteiger partial charge on any atom is 0.246 e. The summed E-state index contributed by atoms with van der Waals surface area (Å²) in [5, 5.41) is 20.3. The number of carbonyl (C=O) groups excluding carboxylic acids is 5. The molecular formula is C53H69FN8O7S. The summed E-state index contributed by atoms with van der Waals surface area (Å²) in [4.78, 5) is 75.4. The fourth-order valence-electron chi connectivity index (χ4n) is 9.85. The third-order valence-electron chi connectivity index (χ3n) is 13.8. The number of halogens is 1. The van der Waals surface area contributed by atoms with Crippen LogP contribution >= 0.6 is 11.3 Å². The van der Waals surface area contributed by atoms with Gasteiger partial charge in [-0.2, -0.15) is 0 Å². The predicted octanol–water partition coefficient (Wildman–Crippen LogP) is 5.56. The Balaban J connectivity index is 0.875. The van der Waals surface area contributed by atoms with E-state index in [9.17, 15) is 33.5 Å². The van der Waals surface area contributed by atoms with Crippen molar-refractivity contribution in [1.82, 2.24) is 25.8 Å². The van der Waals surface area contributed by atoms with Crippen LogP contribution in [0.4, 0.5) is 10.1 Å². The largest absolute Gasteiger partial charge is 0.491 e. The number of aryl methyl sites for hydroxylation is 3. The molecule has 1 aromatic heterocycles. The lowest BCUT2D eigenvalue weighted by molar-refractivity contribution is -0.140. The van der Waals surface area contributed by atoms with Crippen molar-refractivity contribution in [2.75, 3.05) is 24.6 Å². The van der Waals surface area contributed by atoms with Gasteiger partial charge in [0.15, 0.2) is 0 Å². The number of anilines is 1. The normalized spacial score (nSPS) is 20.1. The number of primary amides is 1. The fourth-order valence-corrected chi connectivity index (χ4v) is 10.7.